The number of amides is 3. The molecule has 2 saturated heterocycles. The van der Waals surface area contributed by atoms with Gasteiger partial charge in [-0.3, -0.25) is 14.5 Å². The van der Waals surface area contributed by atoms with Gasteiger partial charge in [0.25, 0.3) is 0 Å². The minimum atomic E-state index is -1.96. The van der Waals surface area contributed by atoms with E-state index in [4.69, 9.17) is 9.16 Å². The standard InChI is InChI=1S/C29H39N3O5Si/c1-29(2,3)38(4,5)37-18-16-23-24(27(34)32(23)20-21-12-8-6-9-13-21)30-26(33)25(22-14-10-7-11-15-22)31-17-19-36-28(31)35/h6-15,23-25H,16-20H2,1-5H3,(H,30,33)/t23-,24+,25?/m0/s1. The second kappa shape index (κ2) is 11.3. The van der Waals surface area contributed by atoms with E-state index in [1.165, 1.54) is 4.90 Å². The molecular weight excluding hydrogens is 498 g/mol. The maximum Gasteiger partial charge on any atom is 0.410 e. The van der Waals surface area contributed by atoms with Crippen LogP contribution in [0.4, 0.5) is 4.79 Å². The van der Waals surface area contributed by atoms with Gasteiger partial charge >= 0.3 is 6.09 Å². The molecule has 0 aliphatic carbocycles. The summed E-state index contributed by atoms with van der Waals surface area (Å²) in [6, 6.07) is 17.2. The van der Waals surface area contributed by atoms with Crippen LogP contribution in [0, 0.1) is 0 Å². The first kappa shape index (κ1) is 27.9. The molecule has 0 saturated carbocycles. The van der Waals surface area contributed by atoms with Crippen molar-refractivity contribution in [3.8, 4) is 0 Å². The van der Waals surface area contributed by atoms with Crippen LogP contribution in [-0.4, -0.2) is 67.9 Å². The third-order valence-corrected chi connectivity index (χ3v) is 12.5. The molecule has 2 fully saturated rings. The summed E-state index contributed by atoms with van der Waals surface area (Å²) in [6.45, 7) is 12.5. The Bertz CT molecular complexity index is 1140. The number of cyclic esters (lactones) is 1. The molecule has 0 radical (unpaired) electrons. The largest absolute Gasteiger partial charge is 0.448 e. The number of carbonyl (C=O) groups is 3. The summed E-state index contributed by atoms with van der Waals surface area (Å²) < 4.78 is 11.5. The molecule has 8 nitrogen and oxygen atoms in total. The van der Waals surface area contributed by atoms with Crippen LogP contribution >= 0.6 is 0 Å². The molecule has 0 aromatic heterocycles. The van der Waals surface area contributed by atoms with Gasteiger partial charge in [-0.2, -0.15) is 0 Å². The van der Waals surface area contributed by atoms with Crippen molar-refractivity contribution in [2.75, 3.05) is 19.8 Å². The van der Waals surface area contributed by atoms with Crippen LogP contribution in [0.1, 0.15) is 44.4 Å². The van der Waals surface area contributed by atoms with Crippen molar-refractivity contribution >= 4 is 26.2 Å². The summed E-state index contributed by atoms with van der Waals surface area (Å²) in [5.74, 6) is -0.515. The van der Waals surface area contributed by atoms with Crippen molar-refractivity contribution in [1.82, 2.24) is 15.1 Å². The quantitative estimate of drug-likeness (QED) is 0.357. The van der Waals surface area contributed by atoms with Crippen LogP contribution < -0.4 is 5.32 Å². The van der Waals surface area contributed by atoms with E-state index in [1.54, 1.807) is 0 Å². The summed E-state index contributed by atoms with van der Waals surface area (Å²) in [4.78, 5) is 42.6. The first-order valence-corrected chi connectivity index (χ1v) is 16.2. The molecule has 3 atom stereocenters. The molecule has 0 bridgehead atoms. The van der Waals surface area contributed by atoms with Gasteiger partial charge in [-0.05, 0) is 35.7 Å². The highest BCUT2D eigenvalue weighted by Gasteiger charge is 2.49. The van der Waals surface area contributed by atoms with Gasteiger partial charge in [0.1, 0.15) is 18.7 Å². The molecular formula is C29H39N3O5Si. The highest BCUT2D eigenvalue weighted by Crippen LogP contribution is 2.37. The fourth-order valence-electron chi connectivity index (χ4n) is 4.69. The lowest BCUT2D eigenvalue weighted by Gasteiger charge is -2.48. The lowest BCUT2D eigenvalue weighted by Crippen LogP contribution is -2.71. The van der Waals surface area contributed by atoms with E-state index in [-0.39, 0.29) is 29.5 Å². The smallest absolute Gasteiger partial charge is 0.410 e. The summed E-state index contributed by atoms with van der Waals surface area (Å²) >= 11 is 0. The van der Waals surface area contributed by atoms with Gasteiger partial charge < -0.3 is 19.4 Å². The number of carbonyl (C=O) groups excluding carboxylic acids is 3. The monoisotopic (exact) mass is 537 g/mol. The molecule has 3 amide bonds. The average molecular weight is 538 g/mol. The van der Waals surface area contributed by atoms with E-state index in [0.717, 1.165) is 5.56 Å². The Hall–Kier alpha value is -3.17. The van der Waals surface area contributed by atoms with Crippen LogP contribution in [0.25, 0.3) is 0 Å². The summed E-state index contributed by atoms with van der Waals surface area (Å²) in [7, 11) is -1.96. The molecule has 0 spiro atoms. The highest BCUT2D eigenvalue weighted by molar-refractivity contribution is 6.74. The van der Waals surface area contributed by atoms with Crippen molar-refractivity contribution in [2.24, 2.45) is 0 Å². The Balaban J connectivity index is 1.52. The van der Waals surface area contributed by atoms with Crippen molar-refractivity contribution in [2.45, 2.75) is 70.0 Å². The number of rotatable bonds is 10. The third kappa shape index (κ3) is 5.94. The summed E-state index contributed by atoms with van der Waals surface area (Å²) in [5, 5.41) is 3.06. The Morgan fingerprint density at radius 1 is 1.08 bits per heavy atom. The second-order valence-electron chi connectivity index (χ2n) is 11.5. The molecule has 2 aliphatic rings. The van der Waals surface area contributed by atoms with Crippen LogP contribution in [0.3, 0.4) is 0 Å². The van der Waals surface area contributed by atoms with Crippen LogP contribution in [0.15, 0.2) is 60.7 Å². The summed E-state index contributed by atoms with van der Waals surface area (Å²) in [5.41, 5.74) is 1.71. The van der Waals surface area contributed by atoms with E-state index in [1.807, 2.05) is 65.6 Å². The Morgan fingerprint density at radius 2 is 1.71 bits per heavy atom. The lowest BCUT2D eigenvalue weighted by atomic mass is 9.90. The topological polar surface area (TPSA) is 88.2 Å². The zero-order chi connectivity index (χ0) is 27.5. The number of likely N-dealkylation sites (tertiary alicyclic amines) is 1. The fourth-order valence-corrected chi connectivity index (χ4v) is 5.75. The zero-order valence-electron chi connectivity index (χ0n) is 23.0. The van der Waals surface area contributed by atoms with E-state index in [9.17, 15) is 14.4 Å². The van der Waals surface area contributed by atoms with Crippen molar-refractivity contribution in [3.63, 3.8) is 0 Å². The number of benzene rings is 2. The molecule has 204 valence electrons. The molecule has 1 unspecified atom stereocenters. The van der Waals surface area contributed by atoms with Crippen molar-refractivity contribution < 1.29 is 23.5 Å². The van der Waals surface area contributed by atoms with Crippen LogP contribution in [-0.2, 0) is 25.3 Å². The molecule has 2 aromatic carbocycles. The number of β-lactam (4-membered cyclic amide) rings is 1. The molecule has 1 N–H and O–H groups in total. The van der Waals surface area contributed by atoms with Crippen LogP contribution in [0.2, 0.25) is 18.1 Å². The third-order valence-electron chi connectivity index (χ3n) is 7.98. The molecule has 2 heterocycles. The zero-order valence-corrected chi connectivity index (χ0v) is 24.0. The number of hydrogen-bond donors (Lipinski definition) is 1. The van der Waals surface area contributed by atoms with Gasteiger partial charge in [-0.25, -0.2) is 4.79 Å². The van der Waals surface area contributed by atoms with E-state index in [0.29, 0.717) is 31.7 Å². The van der Waals surface area contributed by atoms with Gasteiger partial charge in [0, 0.05) is 13.2 Å². The maximum atomic E-state index is 13.6. The lowest BCUT2D eigenvalue weighted by molar-refractivity contribution is -0.156. The molecule has 4 rings (SSSR count). The Labute approximate surface area is 226 Å². The molecule has 38 heavy (non-hydrogen) atoms. The number of nitrogens with one attached hydrogen (secondary N) is 1. The number of ether oxygens (including phenoxy) is 1. The first-order chi connectivity index (χ1) is 18.0. The Kier molecular flexibility index (Phi) is 8.27. The second-order valence-corrected chi connectivity index (χ2v) is 16.3. The molecule has 2 aromatic rings. The molecule has 2 aliphatic heterocycles. The fraction of sp³-hybridized carbons (Fsp3) is 0.483. The van der Waals surface area contributed by atoms with E-state index < -0.39 is 26.5 Å². The number of hydrogen-bond acceptors (Lipinski definition) is 5. The van der Waals surface area contributed by atoms with Crippen molar-refractivity contribution in [3.05, 3.63) is 71.8 Å². The first-order valence-electron chi connectivity index (χ1n) is 13.3. The van der Waals surface area contributed by atoms with E-state index >= 15 is 0 Å². The summed E-state index contributed by atoms with van der Waals surface area (Å²) in [6.07, 6.45) is 0.0802. The number of nitrogens with zero attached hydrogens (tertiary/aromatic N) is 2. The molecule has 9 heteroatoms. The predicted molar refractivity (Wildman–Crippen MR) is 148 cm³/mol. The van der Waals surface area contributed by atoms with E-state index in [2.05, 4.69) is 39.2 Å². The SMILES string of the molecule is CC(C)(C)[Si](C)(C)OCC[C@H]1[C@@H](NC(=O)C(c2ccccc2)N2CCOC2=O)C(=O)N1Cc1ccccc1. The minimum absolute atomic E-state index is 0.0764. The van der Waals surface area contributed by atoms with Gasteiger partial charge in [0.2, 0.25) is 11.8 Å². The average Bonchev–Trinajstić information content (AvgIpc) is 3.30. The van der Waals surface area contributed by atoms with Gasteiger partial charge in [-0.1, -0.05) is 81.4 Å². The predicted octanol–water partition coefficient (Wildman–Crippen LogP) is 4.49. The van der Waals surface area contributed by atoms with Gasteiger partial charge in [-0.15, -0.1) is 0 Å². The van der Waals surface area contributed by atoms with Gasteiger partial charge in [0.05, 0.1) is 12.6 Å². The Morgan fingerprint density at radius 3 is 2.29 bits per heavy atom. The van der Waals surface area contributed by atoms with Gasteiger partial charge in [0.15, 0.2) is 8.32 Å². The van der Waals surface area contributed by atoms with Crippen LogP contribution in [0.5, 0.6) is 0 Å². The highest BCUT2D eigenvalue weighted by atomic mass is 28.4. The maximum absolute atomic E-state index is 13.6. The normalized spacial score (nSPS) is 20.7. The minimum Gasteiger partial charge on any atom is -0.448 e. The van der Waals surface area contributed by atoms with Crippen molar-refractivity contribution in [1.29, 1.82) is 0 Å².